The largest absolute Gasteiger partial charge is 0.143 e. The van der Waals surface area contributed by atoms with Crippen LogP contribution in [0.25, 0.3) is 84.6 Å². The van der Waals surface area contributed by atoms with Crippen LogP contribution in [0, 0.1) is 86.0 Å². The summed E-state index contributed by atoms with van der Waals surface area (Å²) in [6, 6.07) is 21.1. The third-order valence-electron chi connectivity index (χ3n) is 19.1. The van der Waals surface area contributed by atoms with E-state index in [9.17, 15) is 0 Å². The summed E-state index contributed by atoms with van der Waals surface area (Å²) in [5, 5.41) is 20.2. The zero-order valence-corrected chi connectivity index (χ0v) is 85.7. The van der Waals surface area contributed by atoms with Gasteiger partial charge in [0, 0.05) is 128 Å². The molecular formula is C95H116S18. The van der Waals surface area contributed by atoms with E-state index in [4.69, 9.17) is 0 Å². The van der Waals surface area contributed by atoms with Gasteiger partial charge >= 0.3 is 0 Å². The first-order chi connectivity index (χ1) is 53.5. The maximum Gasteiger partial charge on any atom is 0.0482 e. The standard InChI is InChI=1S/C12H14S2.2C12H16S2.2C11H14S2.2C10H12S2.C9H10S2.C8H8S2/c1-8-7-13-11-6-10(14-12(8)11)9-4-2-3-5-9;2*1-8-7-13-10-5-9(14-11(8)10)6-12(2,3)4;1-7-6-12-8-5-9(11(2,3)4)13-10(7)8;1-7(2)4-9-5-10-11(13-9)8(3)6-12-10;1-6(2)8-4-9-10(12-8)7(3)5-11-9;1-3-4-8-5-9-10(12-8)7(2)6-11-9;1-3-7-4-8-9(11-7)6(2)5-10-8;1-5-4-9-7-3-6(2)10-8(5)7/h6-7,9H,2-5H2,1H3;2*5,7H,6H2,1-4H3;5-6H,1-4H3;5-7H,4H2,1-3H3;4-6H,1-3H3;5-6H,3-4H2,1-2H3;4-5H,3H2,1-2H3;3-4H,1-2H3. The van der Waals surface area contributed by atoms with E-state index in [1.165, 1.54) is 228 Å². The third-order valence-corrected chi connectivity index (χ3v) is 42.2. The van der Waals surface area contributed by atoms with Crippen molar-refractivity contribution in [2.45, 2.75) is 255 Å². The van der Waals surface area contributed by atoms with Gasteiger partial charge in [0.2, 0.25) is 0 Å². The summed E-state index contributed by atoms with van der Waals surface area (Å²) in [7, 11) is 0. The van der Waals surface area contributed by atoms with Crippen molar-refractivity contribution < 1.29 is 0 Å². The normalized spacial score (nSPS) is 12.7. The van der Waals surface area contributed by atoms with Gasteiger partial charge < -0.3 is 0 Å². The van der Waals surface area contributed by atoms with E-state index < -0.39 is 0 Å². The average Bonchev–Trinajstić information content (AvgIpc) is 1.63. The van der Waals surface area contributed by atoms with E-state index in [0.717, 1.165) is 11.8 Å². The van der Waals surface area contributed by atoms with Crippen molar-refractivity contribution in [3.63, 3.8) is 0 Å². The number of thiophene rings is 18. The quantitative estimate of drug-likeness (QED) is 0.135. The minimum atomic E-state index is 0.301. The summed E-state index contributed by atoms with van der Waals surface area (Å²) < 4.78 is 26.7. The smallest absolute Gasteiger partial charge is 0.0482 e. The fourth-order valence-corrected chi connectivity index (χ4v) is 35.2. The van der Waals surface area contributed by atoms with Crippen molar-refractivity contribution in [3.8, 4) is 0 Å². The maximum absolute atomic E-state index is 2.44. The molecule has 0 atom stereocenters. The van der Waals surface area contributed by atoms with Gasteiger partial charge in [-0.15, -0.1) is 204 Å². The van der Waals surface area contributed by atoms with Crippen LogP contribution < -0.4 is 0 Å². The molecule has 1 aliphatic carbocycles. The molecule has 18 heterocycles. The fraction of sp³-hybridized carbons (Fsp3) is 0.432. The van der Waals surface area contributed by atoms with Crippen molar-refractivity contribution in [3.05, 3.63) is 197 Å². The molecule has 19 rings (SSSR count). The van der Waals surface area contributed by atoms with E-state index in [-0.39, 0.29) is 0 Å². The molecular weight excluding hydrogens is 1720 g/mol. The molecule has 0 bridgehead atoms. The van der Waals surface area contributed by atoms with E-state index in [2.05, 4.69) is 276 Å². The summed E-state index contributed by atoms with van der Waals surface area (Å²) in [6.07, 6.45) is 13.0. The van der Waals surface area contributed by atoms with Crippen molar-refractivity contribution in [1.29, 1.82) is 0 Å². The lowest BCUT2D eigenvalue weighted by Gasteiger charge is -2.16. The zero-order chi connectivity index (χ0) is 81.5. The van der Waals surface area contributed by atoms with Crippen LogP contribution in [-0.2, 0) is 37.5 Å². The van der Waals surface area contributed by atoms with Crippen LogP contribution in [0.3, 0.4) is 0 Å². The highest BCUT2D eigenvalue weighted by atomic mass is 32.2. The lowest BCUT2D eigenvalue weighted by atomic mass is 9.92. The monoisotopic (exact) mass is 1830 g/mol. The van der Waals surface area contributed by atoms with Crippen molar-refractivity contribution in [2.75, 3.05) is 0 Å². The summed E-state index contributed by atoms with van der Waals surface area (Å²) >= 11 is 34.5. The first-order valence-electron chi connectivity index (χ1n) is 39.7. The summed E-state index contributed by atoms with van der Waals surface area (Å²) in [5.74, 6) is 2.33. The highest BCUT2D eigenvalue weighted by Gasteiger charge is 2.22. The molecule has 18 heteroatoms. The molecule has 1 saturated carbocycles. The topological polar surface area (TPSA) is 0 Å². The van der Waals surface area contributed by atoms with Gasteiger partial charge in [0.25, 0.3) is 0 Å². The molecule has 0 N–H and O–H groups in total. The Bertz CT molecular complexity index is 5870. The van der Waals surface area contributed by atoms with E-state index in [1.54, 1.807) is 14.6 Å². The highest BCUT2D eigenvalue weighted by Crippen LogP contribution is 2.46. The predicted molar refractivity (Wildman–Crippen MR) is 547 cm³/mol. The van der Waals surface area contributed by atoms with Gasteiger partial charge in [0.15, 0.2) is 0 Å². The molecule has 18 aromatic heterocycles. The molecule has 0 nitrogen and oxygen atoms in total. The number of hydrogen-bond acceptors (Lipinski definition) is 18. The molecule has 604 valence electrons. The SMILES string of the molecule is CCCc1cc2scc(C)c2s1.CCc1cc2scc(C)c2s1.Cc1cc2scc(C)c2s1.Cc1csc2cc(C(C)(C)C)sc12.Cc1csc2cc(C(C)C)sc12.Cc1csc2cc(C3CCCC3)sc12.Cc1csc2cc(CC(C)(C)C)sc12.Cc1csc2cc(CC(C)(C)C)sc12.Cc1csc2cc(CC(C)C)sc12. The predicted octanol–water partition coefficient (Wildman–Crippen LogP) is 39.7. The number of hydrogen-bond donors (Lipinski definition) is 0. The maximum atomic E-state index is 2.44. The van der Waals surface area contributed by atoms with Crippen molar-refractivity contribution in [1.82, 2.24) is 0 Å². The van der Waals surface area contributed by atoms with Crippen molar-refractivity contribution >= 4 is 289 Å². The third kappa shape index (κ3) is 24.4. The Balaban J connectivity index is 0.000000126. The number of fused-ring (bicyclic) bond motifs is 9. The minimum Gasteiger partial charge on any atom is -0.143 e. The second kappa shape index (κ2) is 40.1. The first-order valence-corrected chi connectivity index (χ1v) is 54.9. The van der Waals surface area contributed by atoms with Gasteiger partial charge in [-0.05, 0) is 301 Å². The van der Waals surface area contributed by atoms with Gasteiger partial charge in [-0.3, -0.25) is 0 Å². The van der Waals surface area contributed by atoms with Crippen LogP contribution in [0.2, 0.25) is 0 Å². The molecule has 0 aromatic carbocycles. The second-order valence-corrected chi connectivity index (χ2v) is 52.8. The molecule has 0 aliphatic heterocycles. The molecule has 0 unspecified atom stereocenters. The number of rotatable bonds is 9. The highest BCUT2D eigenvalue weighted by molar-refractivity contribution is 7.31. The molecule has 113 heavy (non-hydrogen) atoms. The van der Waals surface area contributed by atoms with E-state index in [0.29, 0.717) is 22.2 Å². The van der Waals surface area contributed by atoms with Gasteiger partial charge in [-0.25, -0.2) is 0 Å². The lowest BCUT2D eigenvalue weighted by molar-refractivity contribution is 0.414. The molecule has 0 saturated heterocycles. The summed E-state index contributed by atoms with van der Waals surface area (Å²) in [4.78, 5) is 13.7. The van der Waals surface area contributed by atoms with Crippen LogP contribution in [0.15, 0.2) is 103 Å². The fourth-order valence-electron chi connectivity index (χ4n) is 13.2. The molecule has 0 amide bonds. The first kappa shape index (κ1) is 90.7. The molecule has 1 fully saturated rings. The Morgan fingerprint density at radius 1 is 0.327 bits per heavy atom. The van der Waals surface area contributed by atoms with Crippen LogP contribution in [0.4, 0.5) is 0 Å². The van der Waals surface area contributed by atoms with Gasteiger partial charge in [-0.2, -0.15) is 0 Å². The second-order valence-electron chi connectivity index (χ2n) is 34.4. The molecule has 18 aromatic rings. The Morgan fingerprint density at radius 3 is 0.973 bits per heavy atom. The Kier molecular flexibility index (Phi) is 32.2. The molecule has 0 radical (unpaired) electrons. The summed E-state index contributed by atoms with van der Waals surface area (Å²) in [6.45, 7) is 56.1. The van der Waals surface area contributed by atoms with Crippen LogP contribution in [0.5, 0.6) is 0 Å². The van der Waals surface area contributed by atoms with E-state index >= 15 is 0 Å². The van der Waals surface area contributed by atoms with Gasteiger partial charge in [-0.1, -0.05) is 123 Å². The average molecular weight is 1840 g/mol. The van der Waals surface area contributed by atoms with Gasteiger partial charge in [0.1, 0.15) is 0 Å². The van der Waals surface area contributed by atoms with Crippen LogP contribution in [-0.4, -0.2) is 0 Å². The Hall–Kier alpha value is -3.06. The Labute approximate surface area is 748 Å². The zero-order valence-electron chi connectivity index (χ0n) is 71.0. The van der Waals surface area contributed by atoms with Crippen LogP contribution >= 0.6 is 204 Å². The van der Waals surface area contributed by atoms with E-state index in [1.807, 2.05) is 204 Å². The van der Waals surface area contributed by atoms with Crippen LogP contribution in [0.1, 0.15) is 242 Å². The molecule has 0 spiro atoms. The van der Waals surface area contributed by atoms with Gasteiger partial charge in [0.05, 0.1) is 0 Å². The lowest BCUT2D eigenvalue weighted by Crippen LogP contribution is -2.07. The summed E-state index contributed by atoms with van der Waals surface area (Å²) in [5.41, 5.74) is 14.1. The minimum absolute atomic E-state index is 0.301. The number of aryl methyl sites for hydroxylation is 12. The molecule has 1 aliphatic rings. The Morgan fingerprint density at radius 2 is 0.637 bits per heavy atom. The van der Waals surface area contributed by atoms with Crippen molar-refractivity contribution in [2.24, 2.45) is 16.7 Å².